The highest BCUT2D eigenvalue weighted by Gasteiger charge is 2.31. The molecule has 0 heterocycles. The zero-order valence-corrected chi connectivity index (χ0v) is 11.5. The van der Waals surface area contributed by atoms with Gasteiger partial charge in [-0.1, -0.05) is 27.2 Å². The Morgan fingerprint density at radius 2 is 1.88 bits per heavy atom. The normalized spacial score (nSPS) is 25.3. The molecule has 2 nitrogen and oxygen atoms in total. The third-order valence-electron chi connectivity index (χ3n) is 4.04. The molecule has 1 fully saturated rings. The summed E-state index contributed by atoms with van der Waals surface area (Å²) < 4.78 is 0. The number of hydrogen-bond acceptors (Lipinski definition) is 2. The van der Waals surface area contributed by atoms with Gasteiger partial charge in [-0.25, -0.2) is 0 Å². The van der Waals surface area contributed by atoms with Crippen molar-refractivity contribution in [2.45, 2.75) is 77.8 Å². The second kappa shape index (κ2) is 5.50. The Morgan fingerprint density at radius 3 is 2.31 bits per heavy atom. The maximum atomic E-state index is 9.49. The van der Waals surface area contributed by atoms with E-state index in [-0.39, 0.29) is 12.1 Å². The summed E-state index contributed by atoms with van der Waals surface area (Å²) in [5, 5.41) is 13.2. The van der Waals surface area contributed by atoms with E-state index in [1.807, 2.05) is 0 Å². The van der Waals surface area contributed by atoms with Crippen molar-refractivity contribution in [3.8, 4) is 0 Å². The molecule has 1 atom stereocenters. The van der Waals surface area contributed by atoms with E-state index in [9.17, 15) is 5.11 Å². The summed E-state index contributed by atoms with van der Waals surface area (Å²) in [7, 11) is 0. The van der Waals surface area contributed by atoms with Crippen LogP contribution in [-0.2, 0) is 0 Å². The predicted octanol–water partition coefficient (Wildman–Crippen LogP) is 3.10. The summed E-state index contributed by atoms with van der Waals surface area (Å²) in [4.78, 5) is 0. The van der Waals surface area contributed by atoms with Crippen molar-refractivity contribution < 1.29 is 5.11 Å². The molecule has 1 saturated carbocycles. The Hall–Kier alpha value is -0.0800. The van der Waals surface area contributed by atoms with Crippen LogP contribution >= 0.6 is 0 Å². The topological polar surface area (TPSA) is 32.3 Å². The van der Waals surface area contributed by atoms with Gasteiger partial charge in [0.2, 0.25) is 0 Å². The van der Waals surface area contributed by atoms with Crippen LogP contribution in [0.1, 0.15) is 66.2 Å². The maximum absolute atomic E-state index is 9.49. The van der Waals surface area contributed by atoms with E-state index in [1.165, 1.54) is 25.7 Å². The lowest BCUT2D eigenvalue weighted by molar-refractivity contribution is 0.122. The third kappa shape index (κ3) is 4.06. The zero-order valence-electron chi connectivity index (χ0n) is 11.5. The first-order valence-electron chi connectivity index (χ1n) is 6.79. The van der Waals surface area contributed by atoms with Gasteiger partial charge in [0, 0.05) is 11.6 Å². The quantitative estimate of drug-likeness (QED) is 0.756. The highest BCUT2D eigenvalue weighted by molar-refractivity contribution is 4.89. The number of aliphatic hydroxyl groups is 1. The predicted molar refractivity (Wildman–Crippen MR) is 69.6 cm³/mol. The summed E-state index contributed by atoms with van der Waals surface area (Å²) >= 11 is 0. The van der Waals surface area contributed by atoms with Crippen LogP contribution in [0.4, 0.5) is 0 Å². The minimum absolute atomic E-state index is 0.0686. The van der Waals surface area contributed by atoms with E-state index in [0.717, 1.165) is 12.8 Å². The van der Waals surface area contributed by atoms with Gasteiger partial charge < -0.3 is 10.4 Å². The van der Waals surface area contributed by atoms with E-state index < -0.39 is 0 Å². The lowest BCUT2D eigenvalue weighted by Gasteiger charge is -2.40. The van der Waals surface area contributed by atoms with Crippen molar-refractivity contribution in [2.24, 2.45) is 5.41 Å². The summed E-state index contributed by atoms with van der Waals surface area (Å²) in [6.07, 6.45) is 7.31. The van der Waals surface area contributed by atoms with E-state index in [0.29, 0.717) is 11.5 Å². The Bertz CT molecular complexity index is 205. The molecule has 1 unspecified atom stereocenters. The third-order valence-corrected chi connectivity index (χ3v) is 4.04. The summed E-state index contributed by atoms with van der Waals surface area (Å²) in [6.45, 7) is 9.30. The molecule has 0 aliphatic heterocycles. The van der Waals surface area contributed by atoms with Crippen LogP contribution in [0.15, 0.2) is 0 Å². The van der Waals surface area contributed by atoms with Gasteiger partial charge in [-0.3, -0.25) is 0 Å². The van der Waals surface area contributed by atoms with E-state index in [1.54, 1.807) is 0 Å². The fraction of sp³-hybridized carbons (Fsp3) is 1.00. The minimum atomic E-state index is -0.0686. The molecule has 1 aliphatic rings. The molecule has 0 saturated heterocycles. The van der Waals surface area contributed by atoms with Crippen LogP contribution in [0.5, 0.6) is 0 Å². The minimum Gasteiger partial charge on any atom is -0.394 e. The van der Waals surface area contributed by atoms with Crippen molar-refractivity contribution in [3.63, 3.8) is 0 Å². The largest absolute Gasteiger partial charge is 0.394 e. The van der Waals surface area contributed by atoms with Crippen LogP contribution < -0.4 is 5.32 Å². The van der Waals surface area contributed by atoms with Gasteiger partial charge in [-0.15, -0.1) is 0 Å². The first-order chi connectivity index (χ1) is 7.41. The molecular weight excluding hydrogens is 198 g/mol. The van der Waals surface area contributed by atoms with Gasteiger partial charge in [-0.2, -0.15) is 0 Å². The number of nitrogens with one attached hydrogen (secondary N) is 1. The van der Waals surface area contributed by atoms with Gasteiger partial charge >= 0.3 is 0 Å². The highest BCUT2D eigenvalue weighted by atomic mass is 16.3. The van der Waals surface area contributed by atoms with Gasteiger partial charge in [0.05, 0.1) is 6.61 Å². The summed E-state index contributed by atoms with van der Waals surface area (Å²) in [6, 6.07) is 0.608. The van der Waals surface area contributed by atoms with Gasteiger partial charge in [-0.05, 0) is 44.4 Å². The summed E-state index contributed by atoms with van der Waals surface area (Å²) in [5.41, 5.74) is 0.458. The Balaban J connectivity index is 2.42. The lowest BCUT2D eigenvalue weighted by Crippen LogP contribution is -2.52. The first kappa shape index (κ1) is 14.0. The Morgan fingerprint density at radius 1 is 1.31 bits per heavy atom. The van der Waals surface area contributed by atoms with Crippen LogP contribution in [0.2, 0.25) is 0 Å². The summed E-state index contributed by atoms with van der Waals surface area (Å²) in [5.74, 6) is 0. The average Bonchev–Trinajstić information content (AvgIpc) is 2.22. The molecule has 0 radical (unpaired) electrons. The number of rotatable bonds is 5. The second-order valence-electron chi connectivity index (χ2n) is 6.55. The van der Waals surface area contributed by atoms with Crippen molar-refractivity contribution in [1.82, 2.24) is 5.32 Å². The Kier molecular flexibility index (Phi) is 4.81. The maximum Gasteiger partial charge on any atom is 0.0610 e. The van der Waals surface area contributed by atoms with Crippen molar-refractivity contribution in [1.29, 1.82) is 0 Å². The molecule has 16 heavy (non-hydrogen) atoms. The molecule has 1 rings (SSSR count). The number of hydrogen-bond donors (Lipinski definition) is 2. The molecule has 0 aromatic carbocycles. The Labute approximate surface area is 101 Å². The van der Waals surface area contributed by atoms with E-state index >= 15 is 0 Å². The lowest BCUT2D eigenvalue weighted by atomic mass is 9.75. The molecular formula is C14H29NO. The van der Waals surface area contributed by atoms with Gasteiger partial charge in [0.1, 0.15) is 0 Å². The molecule has 0 aromatic rings. The van der Waals surface area contributed by atoms with Crippen LogP contribution in [0.3, 0.4) is 0 Å². The average molecular weight is 227 g/mol. The molecule has 1 aliphatic carbocycles. The standard InChI is InChI=1S/C14H29NO/c1-5-8-14(4,11-16)15-12-6-9-13(2,3)10-7-12/h12,15-16H,5-11H2,1-4H3. The zero-order chi connectivity index (χ0) is 12.2. The molecule has 96 valence electrons. The molecule has 2 heteroatoms. The van der Waals surface area contributed by atoms with Crippen molar-refractivity contribution in [3.05, 3.63) is 0 Å². The fourth-order valence-corrected chi connectivity index (χ4v) is 2.79. The second-order valence-corrected chi connectivity index (χ2v) is 6.55. The van der Waals surface area contributed by atoms with Gasteiger partial charge in [0.25, 0.3) is 0 Å². The first-order valence-corrected chi connectivity index (χ1v) is 6.79. The molecule has 2 N–H and O–H groups in total. The van der Waals surface area contributed by atoms with E-state index in [2.05, 4.69) is 33.0 Å². The van der Waals surface area contributed by atoms with Crippen LogP contribution in [-0.4, -0.2) is 23.3 Å². The van der Waals surface area contributed by atoms with Gasteiger partial charge in [0.15, 0.2) is 0 Å². The van der Waals surface area contributed by atoms with E-state index in [4.69, 9.17) is 0 Å². The monoisotopic (exact) mass is 227 g/mol. The highest BCUT2D eigenvalue weighted by Crippen LogP contribution is 2.35. The molecule has 0 amide bonds. The van der Waals surface area contributed by atoms with Crippen LogP contribution in [0, 0.1) is 5.41 Å². The molecule has 0 spiro atoms. The molecule has 0 bridgehead atoms. The number of aliphatic hydroxyl groups excluding tert-OH is 1. The van der Waals surface area contributed by atoms with Crippen molar-refractivity contribution in [2.75, 3.05) is 6.61 Å². The molecule has 0 aromatic heterocycles. The fourth-order valence-electron chi connectivity index (χ4n) is 2.79. The SMILES string of the molecule is CCCC(C)(CO)NC1CCC(C)(C)CC1. The van der Waals surface area contributed by atoms with Crippen molar-refractivity contribution >= 4 is 0 Å². The smallest absolute Gasteiger partial charge is 0.0610 e. The van der Waals surface area contributed by atoms with Crippen LogP contribution in [0.25, 0.3) is 0 Å².